The highest BCUT2D eigenvalue weighted by Crippen LogP contribution is 2.46. The van der Waals surface area contributed by atoms with E-state index >= 15 is 0 Å². The second-order valence-corrected chi connectivity index (χ2v) is 11.0. The Morgan fingerprint density at radius 2 is 1.67 bits per heavy atom. The molecular formula is C24H22N2O11S2. The van der Waals surface area contributed by atoms with Crippen LogP contribution in [0.25, 0.3) is 33.4 Å². The van der Waals surface area contributed by atoms with Crippen LogP contribution in [0.1, 0.15) is 35.6 Å². The van der Waals surface area contributed by atoms with Gasteiger partial charge in [0.2, 0.25) is 6.29 Å². The lowest BCUT2D eigenvalue weighted by atomic mass is 9.89. The zero-order valence-electron chi connectivity index (χ0n) is 20.3. The van der Waals surface area contributed by atoms with Crippen molar-refractivity contribution in [2.75, 3.05) is 12.8 Å². The Labute approximate surface area is 221 Å². The molecule has 39 heavy (non-hydrogen) atoms. The molecule has 0 bridgehead atoms. The van der Waals surface area contributed by atoms with Crippen LogP contribution in [0.3, 0.4) is 0 Å². The molecule has 0 saturated heterocycles. The molecule has 2 aliphatic rings. The fourth-order valence-corrected chi connectivity index (χ4v) is 5.80. The van der Waals surface area contributed by atoms with Gasteiger partial charge in [0.05, 0.1) is 18.2 Å². The SMILES string of the molecule is CCC(=O)c1ccc(-c2c3ccc(=N)c(S(=O)(=O)O)c-3oc3c(S(=O)(=O)O)c(N)ccc23)c(C(O)OOC)c1. The molecule has 206 valence electrons. The van der Waals surface area contributed by atoms with E-state index in [9.17, 15) is 35.8 Å². The number of nitrogens with two attached hydrogens (primary N) is 1. The number of ketones is 1. The number of nitrogens with one attached hydrogen (secondary N) is 1. The molecule has 2 aromatic carbocycles. The van der Waals surface area contributed by atoms with Crippen molar-refractivity contribution in [2.24, 2.45) is 0 Å². The predicted octanol–water partition coefficient (Wildman–Crippen LogP) is 2.92. The summed E-state index contributed by atoms with van der Waals surface area (Å²) in [5.41, 5.74) is 5.02. The third-order valence-corrected chi connectivity index (χ3v) is 7.79. The minimum Gasteiger partial charge on any atom is -0.453 e. The van der Waals surface area contributed by atoms with Crippen molar-refractivity contribution in [2.45, 2.75) is 29.4 Å². The van der Waals surface area contributed by atoms with E-state index in [2.05, 4.69) is 4.89 Å². The zero-order chi connectivity index (χ0) is 28.9. The summed E-state index contributed by atoms with van der Waals surface area (Å²) in [6, 6.07) is 8.99. The fourth-order valence-electron chi connectivity index (χ4n) is 4.31. The summed E-state index contributed by atoms with van der Waals surface area (Å²) < 4.78 is 74.7. The fraction of sp³-hybridized carbons (Fsp3) is 0.167. The Balaban J connectivity index is 2.31. The minimum atomic E-state index is -5.11. The van der Waals surface area contributed by atoms with Crippen LogP contribution < -0.4 is 11.1 Å². The first kappa shape index (κ1) is 28.3. The molecule has 4 rings (SSSR count). The average molecular weight is 579 g/mol. The normalized spacial score (nSPS) is 13.2. The molecule has 1 unspecified atom stereocenters. The number of anilines is 1. The number of Topliss-reactive ketones (excluding diaryl/α,β-unsaturated/α-hetero) is 1. The third-order valence-electron chi connectivity index (χ3n) is 5.93. The Bertz CT molecular complexity index is 1880. The van der Waals surface area contributed by atoms with Gasteiger partial charge in [0.15, 0.2) is 26.9 Å². The molecular weight excluding hydrogens is 556 g/mol. The van der Waals surface area contributed by atoms with E-state index in [4.69, 9.17) is 20.4 Å². The maximum Gasteiger partial charge on any atom is 0.300 e. The van der Waals surface area contributed by atoms with Crippen molar-refractivity contribution < 1.29 is 50.0 Å². The molecule has 1 heterocycles. The van der Waals surface area contributed by atoms with Crippen molar-refractivity contribution in [3.8, 4) is 22.5 Å². The molecule has 2 aromatic rings. The third kappa shape index (κ3) is 5.04. The van der Waals surface area contributed by atoms with Gasteiger partial charge in [-0.05, 0) is 35.9 Å². The number of aliphatic hydroxyl groups excluding tert-OH is 1. The molecule has 0 saturated carbocycles. The lowest BCUT2D eigenvalue weighted by Gasteiger charge is -2.22. The molecule has 0 aromatic heterocycles. The summed E-state index contributed by atoms with van der Waals surface area (Å²) in [6.07, 6.45) is -1.65. The zero-order valence-corrected chi connectivity index (χ0v) is 22.0. The van der Waals surface area contributed by atoms with Crippen LogP contribution in [-0.2, 0) is 30.0 Å². The van der Waals surface area contributed by atoms with Crippen LogP contribution in [0.15, 0.2) is 56.7 Å². The second kappa shape index (κ2) is 10.1. The number of carbonyl (C=O) groups excluding carboxylic acids is 1. The van der Waals surface area contributed by atoms with Crippen LogP contribution in [0.2, 0.25) is 0 Å². The van der Waals surface area contributed by atoms with Crippen molar-refractivity contribution in [3.05, 3.63) is 58.9 Å². The number of hydrogen-bond acceptors (Lipinski definition) is 11. The Morgan fingerprint density at radius 3 is 2.26 bits per heavy atom. The van der Waals surface area contributed by atoms with E-state index < -0.39 is 58.7 Å². The first-order valence-corrected chi connectivity index (χ1v) is 13.9. The lowest BCUT2D eigenvalue weighted by molar-refractivity contribution is -0.358. The summed E-state index contributed by atoms with van der Waals surface area (Å²) in [4.78, 5) is 20.0. The summed E-state index contributed by atoms with van der Waals surface area (Å²) in [5.74, 6) is -0.913. The number of fused-ring (bicyclic) bond motifs is 2. The number of hydrogen-bond donors (Lipinski definition) is 5. The van der Waals surface area contributed by atoms with E-state index in [0.717, 1.165) is 19.2 Å². The molecule has 0 amide bonds. The maximum absolute atomic E-state index is 12.4. The quantitative estimate of drug-likeness (QED) is 0.0387. The van der Waals surface area contributed by atoms with Crippen molar-refractivity contribution in [3.63, 3.8) is 0 Å². The molecule has 0 spiro atoms. The lowest BCUT2D eigenvalue weighted by Crippen LogP contribution is -2.16. The van der Waals surface area contributed by atoms with E-state index in [1.165, 1.54) is 30.3 Å². The molecule has 13 nitrogen and oxygen atoms in total. The average Bonchev–Trinajstić information content (AvgIpc) is 2.84. The molecule has 1 aliphatic carbocycles. The van der Waals surface area contributed by atoms with Gasteiger partial charge in [-0.25, -0.2) is 4.89 Å². The van der Waals surface area contributed by atoms with Gasteiger partial charge in [-0.1, -0.05) is 19.1 Å². The van der Waals surface area contributed by atoms with E-state index in [1.807, 2.05) is 0 Å². The molecule has 1 aliphatic heterocycles. The number of carbonyl (C=O) groups is 1. The van der Waals surface area contributed by atoms with Crippen molar-refractivity contribution in [1.82, 2.24) is 0 Å². The summed E-state index contributed by atoms with van der Waals surface area (Å²) in [7, 11) is -9.03. The van der Waals surface area contributed by atoms with Crippen LogP contribution >= 0.6 is 0 Å². The van der Waals surface area contributed by atoms with E-state index in [-0.39, 0.29) is 45.4 Å². The maximum atomic E-state index is 12.4. The van der Waals surface area contributed by atoms with Gasteiger partial charge in [0.1, 0.15) is 0 Å². The van der Waals surface area contributed by atoms with Gasteiger partial charge in [-0.3, -0.25) is 19.3 Å². The predicted molar refractivity (Wildman–Crippen MR) is 136 cm³/mol. The number of nitrogen functional groups attached to an aromatic ring is 1. The Hall–Kier alpha value is -3.70. The van der Waals surface area contributed by atoms with Crippen molar-refractivity contribution >= 4 is 42.7 Å². The van der Waals surface area contributed by atoms with Gasteiger partial charge in [-0.15, -0.1) is 0 Å². The first-order chi connectivity index (χ1) is 18.2. The van der Waals surface area contributed by atoms with Gasteiger partial charge in [0.25, 0.3) is 20.2 Å². The Kier molecular flexibility index (Phi) is 7.35. The largest absolute Gasteiger partial charge is 0.453 e. The minimum absolute atomic E-state index is 0.0243. The highest BCUT2D eigenvalue weighted by molar-refractivity contribution is 7.86. The van der Waals surface area contributed by atoms with Crippen LogP contribution in [0.5, 0.6) is 0 Å². The number of rotatable bonds is 8. The summed E-state index contributed by atoms with van der Waals surface area (Å²) >= 11 is 0. The van der Waals surface area contributed by atoms with Gasteiger partial charge in [0, 0.05) is 34.1 Å². The van der Waals surface area contributed by atoms with Crippen LogP contribution in [-0.4, -0.2) is 43.9 Å². The molecule has 0 fully saturated rings. The highest BCUT2D eigenvalue weighted by Gasteiger charge is 2.32. The Morgan fingerprint density at radius 1 is 1.03 bits per heavy atom. The van der Waals surface area contributed by atoms with Gasteiger partial charge >= 0.3 is 0 Å². The molecule has 6 N–H and O–H groups in total. The van der Waals surface area contributed by atoms with Gasteiger partial charge in [-0.2, -0.15) is 21.7 Å². The molecule has 0 radical (unpaired) electrons. The van der Waals surface area contributed by atoms with E-state index in [1.54, 1.807) is 6.92 Å². The smallest absolute Gasteiger partial charge is 0.300 e. The highest BCUT2D eigenvalue weighted by atomic mass is 32.2. The number of benzene rings is 3. The first-order valence-electron chi connectivity index (χ1n) is 11.1. The second-order valence-electron chi connectivity index (χ2n) is 8.30. The summed E-state index contributed by atoms with van der Waals surface area (Å²) in [5, 5.41) is 18.1. The van der Waals surface area contributed by atoms with Crippen LogP contribution in [0, 0.1) is 5.41 Å². The monoisotopic (exact) mass is 578 g/mol. The summed E-state index contributed by atoms with van der Waals surface area (Å²) in [6.45, 7) is 1.63. The van der Waals surface area contributed by atoms with Gasteiger partial charge < -0.3 is 15.3 Å². The van der Waals surface area contributed by atoms with Crippen molar-refractivity contribution in [1.29, 1.82) is 5.41 Å². The van der Waals surface area contributed by atoms with E-state index in [0.29, 0.717) is 0 Å². The number of aliphatic hydroxyl groups is 1. The van der Waals surface area contributed by atoms with Crippen LogP contribution in [0.4, 0.5) is 5.69 Å². The molecule has 1 atom stereocenters. The standard InChI is InChI=1S/C24H22N2O11S2/c1-3-18(27)11-4-5-12(15(10-11)24(28)37-35-2)19-13-6-8-16(25)22(38(29,30)31)20(13)36-21-14(19)7-9-17(26)23(21)39(32,33)34/h4-10,24-25,28H,3,26H2,1-2H3,(H,29,30,31)(H,32,33,34). The topological polar surface area (TPSA) is 228 Å². The molecule has 15 heteroatoms.